The van der Waals surface area contributed by atoms with Crippen LogP contribution >= 0.6 is 0 Å². The summed E-state index contributed by atoms with van der Waals surface area (Å²) in [7, 11) is 0. The normalized spacial score (nSPS) is 21.0. The lowest BCUT2D eigenvalue weighted by Crippen LogP contribution is -2.42. The van der Waals surface area contributed by atoms with Gasteiger partial charge in [0.15, 0.2) is 0 Å². The maximum atomic E-state index is 14.3. The molecular weight excluding hydrogens is 482 g/mol. The molecule has 3 atom stereocenters. The van der Waals surface area contributed by atoms with Gasteiger partial charge in [0.1, 0.15) is 11.6 Å². The molecule has 2 fully saturated rings. The van der Waals surface area contributed by atoms with Crippen LogP contribution in [0.25, 0.3) is 0 Å². The van der Waals surface area contributed by atoms with E-state index in [9.17, 15) is 18.4 Å². The molecule has 1 N–H and O–H groups in total. The Labute approximate surface area is 225 Å². The maximum absolute atomic E-state index is 14.3. The summed E-state index contributed by atoms with van der Waals surface area (Å²) in [6, 6.07) is 8.14. The van der Waals surface area contributed by atoms with E-state index in [1.54, 1.807) is 6.92 Å². The van der Waals surface area contributed by atoms with E-state index in [4.69, 9.17) is 0 Å². The largest absolute Gasteiger partial charge is 0.350 e. The number of halogens is 2. The molecule has 2 aromatic rings. The molecule has 2 aliphatic rings. The van der Waals surface area contributed by atoms with Crippen molar-refractivity contribution in [3.63, 3.8) is 0 Å². The van der Waals surface area contributed by atoms with Crippen molar-refractivity contribution in [1.29, 1.82) is 0 Å². The van der Waals surface area contributed by atoms with Crippen LogP contribution in [0.15, 0.2) is 42.5 Å². The first-order valence-corrected chi connectivity index (χ1v) is 13.8. The van der Waals surface area contributed by atoms with Gasteiger partial charge in [0, 0.05) is 32.0 Å². The Morgan fingerprint density at radius 3 is 2.39 bits per heavy atom. The van der Waals surface area contributed by atoms with Crippen molar-refractivity contribution in [3.8, 4) is 0 Å². The van der Waals surface area contributed by atoms with Crippen LogP contribution in [0.4, 0.5) is 8.78 Å². The van der Waals surface area contributed by atoms with Gasteiger partial charge in [-0.2, -0.15) is 0 Å². The van der Waals surface area contributed by atoms with Gasteiger partial charge in [-0.05, 0) is 98.1 Å². The fourth-order valence-corrected chi connectivity index (χ4v) is 6.35. The van der Waals surface area contributed by atoms with Gasteiger partial charge in [-0.15, -0.1) is 0 Å². The van der Waals surface area contributed by atoms with Crippen LogP contribution in [-0.2, 0) is 16.0 Å². The number of carbonyl (C=O) groups excluding carboxylic acids is 2. The zero-order valence-electron chi connectivity index (χ0n) is 23.1. The van der Waals surface area contributed by atoms with Gasteiger partial charge in [0.05, 0.1) is 6.04 Å². The van der Waals surface area contributed by atoms with Crippen molar-refractivity contribution >= 4 is 11.8 Å². The summed E-state index contributed by atoms with van der Waals surface area (Å²) in [4.78, 5) is 27.5. The van der Waals surface area contributed by atoms with Crippen molar-refractivity contribution in [2.45, 2.75) is 78.2 Å². The summed E-state index contributed by atoms with van der Waals surface area (Å²) in [6.45, 7) is 13.3. The van der Waals surface area contributed by atoms with Crippen molar-refractivity contribution in [2.24, 2.45) is 11.8 Å². The first-order valence-electron chi connectivity index (χ1n) is 13.8. The highest BCUT2D eigenvalue weighted by Crippen LogP contribution is 2.41. The minimum Gasteiger partial charge on any atom is -0.350 e. The van der Waals surface area contributed by atoms with Crippen LogP contribution in [0.1, 0.15) is 85.7 Å². The molecule has 2 aromatic carbocycles. The second kappa shape index (κ2) is 11.8. The third kappa shape index (κ3) is 6.16. The van der Waals surface area contributed by atoms with E-state index in [0.29, 0.717) is 43.8 Å². The molecule has 0 bridgehead atoms. The number of nitrogens with zero attached hydrogens (tertiary/aromatic N) is 1. The number of likely N-dealkylation sites (tertiary alicyclic amines) is 1. The van der Waals surface area contributed by atoms with E-state index in [1.807, 2.05) is 4.90 Å². The fraction of sp³-hybridized carbons (Fsp3) is 0.500. The van der Waals surface area contributed by atoms with E-state index < -0.39 is 11.6 Å². The molecule has 1 unspecified atom stereocenters. The summed E-state index contributed by atoms with van der Waals surface area (Å²) in [5, 5.41) is 3.11. The lowest BCUT2D eigenvalue weighted by Gasteiger charge is -2.36. The number of allylic oxidation sites excluding steroid dienone is 1. The van der Waals surface area contributed by atoms with Gasteiger partial charge < -0.3 is 10.2 Å². The highest BCUT2D eigenvalue weighted by Gasteiger charge is 2.39. The molecule has 204 valence electrons. The van der Waals surface area contributed by atoms with Gasteiger partial charge >= 0.3 is 0 Å². The molecule has 1 aliphatic heterocycles. The van der Waals surface area contributed by atoms with E-state index in [-0.39, 0.29) is 29.7 Å². The average molecular weight is 523 g/mol. The summed E-state index contributed by atoms with van der Waals surface area (Å²) < 4.78 is 27.7. The number of rotatable bonds is 7. The van der Waals surface area contributed by atoms with Crippen molar-refractivity contribution in [1.82, 2.24) is 10.2 Å². The zero-order chi connectivity index (χ0) is 27.6. The predicted octanol–water partition coefficient (Wildman–Crippen LogP) is 6.70. The molecule has 6 heteroatoms. The average Bonchev–Trinajstić information content (AvgIpc) is 3.25. The number of aryl methyl sites for hydroxylation is 2. The Hall–Kier alpha value is -3.02. The third-order valence-corrected chi connectivity index (χ3v) is 8.55. The Morgan fingerprint density at radius 2 is 1.76 bits per heavy atom. The Balaban J connectivity index is 1.47. The van der Waals surface area contributed by atoms with Crippen LogP contribution in [-0.4, -0.2) is 29.8 Å². The van der Waals surface area contributed by atoms with Crippen LogP contribution in [0.3, 0.4) is 0 Å². The van der Waals surface area contributed by atoms with Crippen molar-refractivity contribution < 1.29 is 18.4 Å². The summed E-state index contributed by atoms with van der Waals surface area (Å²) in [6.07, 6.45) is 4.27. The molecule has 1 saturated heterocycles. The second-order valence-corrected chi connectivity index (χ2v) is 11.3. The van der Waals surface area contributed by atoms with Crippen LogP contribution in [0.2, 0.25) is 0 Å². The molecular formula is C32H40F2N2O2. The molecule has 0 spiro atoms. The number of hydrogen-bond donors (Lipinski definition) is 1. The van der Waals surface area contributed by atoms with Gasteiger partial charge in [-0.25, -0.2) is 8.78 Å². The van der Waals surface area contributed by atoms with Crippen LogP contribution in [0, 0.1) is 37.3 Å². The molecule has 1 saturated carbocycles. The quantitative estimate of drug-likeness (QED) is 0.412. The molecule has 1 heterocycles. The van der Waals surface area contributed by atoms with E-state index in [0.717, 1.165) is 30.9 Å². The Kier molecular flexibility index (Phi) is 8.69. The minimum absolute atomic E-state index is 0.0259. The SMILES string of the molecule is C=C1C[C@@H](Cc2ccc(F)cc2F)[C@H](C(=O)N2CCC(c3cc(C)c(C)cc3C(CC)NC(C)=O)CC2)C1. The number of carbonyl (C=O) groups is 2. The highest BCUT2D eigenvalue weighted by atomic mass is 19.1. The monoisotopic (exact) mass is 522 g/mol. The number of hydrogen-bond acceptors (Lipinski definition) is 2. The lowest BCUT2D eigenvalue weighted by atomic mass is 9.81. The molecule has 38 heavy (non-hydrogen) atoms. The van der Waals surface area contributed by atoms with Gasteiger partial charge in [0.25, 0.3) is 0 Å². The first-order chi connectivity index (χ1) is 18.1. The van der Waals surface area contributed by atoms with E-state index >= 15 is 0 Å². The highest BCUT2D eigenvalue weighted by molar-refractivity contribution is 5.80. The number of benzene rings is 2. The van der Waals surface area contributed by atoms with Gasteiger partial charge in [-0.3, -0.25) is 9.59 Å². The van der Waals surface area contributed by atoms with Crippen molar-refractivity contribution in [3.05, 3.63) is 81.9 Å². The third-order valence-electron chi connectivity index (χ3n) is 8.55. The predicted molar refractivity (Wildman–Crippen MR) is 147 cm³/mol. The Morgan fingerprint density at radius 1 is 1.08 bits per heavy atom. The van der Waals surface area contributed by atoms with Gasteiger partial charge in [-0.1, -0.05) is 37.3 Å². The molecule has 4 rings (SSSR count). The summed E-state index contributed by atoms with van der Waals surface area (Å²) in [5.74, 6) is -0.977. The maximum Gasteiger partial charge on any atom is 0.226 e. The lowest BCUT2D eigenvalue weighted by molar-refractivity contribution is -0.137. The van der Waals surface area contributed by atoms with Crippen LogP contribution in [0.5, 0.6) is 0 Å². The van der Waals surface area contributed by atoms with Crippen LogP contribution < -0.4 is 5.32 Å². The zero-order valence-corrected chi connectivity index (χ0v) is 23.1. The first kappa shape index (κ1) is 28.0. The second-order valence-electron chi connectivity index (χ2n) is 11.3. The molecule has 2 amide bonds. The molecule has 4 nitrogen and oxygen atoms in total. The number of nitrogens with one attached hydrogen (secondary N) is 1. The number of piperidine rings is 1. The summed E-state index contributed by atoms with van der Waals surface area (Å²) >= 11 is 0. The van der Waals surface area contributed by atoms with Crippen molar-refractivity contribution in [2.75, 3.05) is 13.1 Å². The fourth-order valence-electron chi connectivity index (χ4n) is 6.35. The molecule has 0 aromatic heterocycles. The smallest absolute Gasteiger partial charge is 0.226 e. The summed E-state index contributed by atoms with van der Waals surface area (Å²) in [5.41, 5.74) is 6.39. The van der Waals surface area contributed by atoms with E-state index in [1.165, 1.54) is 34.4 Å². The standard InChI is InChI=1S/C32H40F2N2O2/c1-6-31(35-22(5)37)29-16-21(4)20(3)15-27(29)23-9-11-36(12-10-23)32(38)28-14-19(2)13-25(28)17-24-7-8-26(33)18-30(24)34/h7-8,15-16,18,23,25,28,31H,2,6,9-14,17H2,1,3-5H3,(H,35,37)/t25-,28+,31?/m0/s1. The topological polar surface area (TPSA) is 49.4 Å². The van der Waals surface area contributed by atoms with Gasteiger partial charge in [0.2, 0.25) is 11.8 Å². The molecule has 1 aliphatic carbocycles. The van der Waals surface area contributed by atoms with E-state index in [2.05, 4.69) is 44.8 Å². The number of amides is 2. The molecule has 0 radical (unpaired) electrons. The minimum atomic E-state index is -0.591. The Bertz CT molecular complexity index is 1220.